The Morgan fingerprint density at radius 2 is 1.76 bits per heavy atom. The number of ketones is 3. The molecule has 4 unspecified atom stereocenters. The van der Waals surface area contributed by atoms with Gasteiger partial charge < -0.3 is 45.3 Å². The van der Waals surface area contributed by atoms with Gasteiger partial charge in [-0.15, -0.1) is 12.4 Å². The number of phenols is 2. The van der Waals surface area contributed by atoms with Crippen molar-refractivity contribution in [3.63, 3.8) is 0 Å². The number of fused-ring (bicyclic) bond motifs is 3. The van der Waals surface area contributed by atoms with E-state index in [9.17, 15) is 34.8 Å². The van der Waals surface area contributed by atoms with Crippen LogP contribution in [0.2, 0.25) is 0 Å². The van der Waals surface area contributed by atoms with Crippen LogP contribution in [0.3, 0.4) is 0 Å². The second kappa shape index (κ2) is 12.8. The SMILES string of the molecule is COc1cccc2c1C(=O)c1c(O)c3c(c(O)c1C2=O)C[C@](O)(C(=O)CN1CCN(C)CC1)C[C@H]3OC1CC(N)C(O)C(C)O1.Cl. The molecule has 6 atom stereocenters. The van der Waals surface area contributed by atoms with Crippen molar-refractivity contribution in [3.8, 4) is 17.2 Å². The Labute approximate surface area is 272 Å². The smallest absolute Gasteiger partial charge is 0.202 e. The Morgan fingerprint density at radius 1 is 1.09 bits per heavy atom. The number of Topliss-reactive ketones (excluding diaryl/α,β-unsaturated/α-hetero) is 1. The predicted octanol–water partition coefficient (Wildman–Crippen LogP) is 0.678. The molecule has 0 amide bonds. The van der Waals surface area contributed by atoms with Crippen LogP contribution in [0.15, 0.2) is 18.2 Å². The number of hydrogen-bond acceptors (Lipinski definition) is 13. The molecule has 2 aromatic carbocycles. The zero-order valence-electron chi connectivity index (χ0n) is 25.9. The maximum Gasteiger partial charge on any atom is 0.202 e. The lowest BCUT2D eigenvalue weighted by atomic mass is 9.71. The summed E-state index contributed by atoms with van der Waals surface area (Å²) in [4.78, 5) is 45.5. The summed E-state index contributed by atoms with van der Waals surface area (Å²) in [5.41, 5.74) is 3.07. The number of nitrogens with zero attached hydrogens (tertiary/aromatic N) is 2. The zero-order valence-corrected chi connectivity index (χ0v) is 26.7. The number of aromatic hydroxyl groups is 2. The first-order valence-electron chi connectivity index (χ1n) is 15.1. The van der Waals surface area contributed by atoms with Crippen molar-refractivity contribution in [1.82, 2.24) is 9.80 Å². The van der Waals surface area contributed by atoms with Gasteiger partial charge in [0.15, 0.2) is 17.9 Å². The highest BCUT2D eigenvalue weighted by Crippen LogP contribution is 2.52. The van der Waals surface area contributed by atoms with E-state index in [1.165, 1.54) is 25.3 Å². The minimum Gasteiger partial charge on any atom is -0.507 e. The van der Waals surface area contributed by atoms with E-state index in [2.05, 4.69) is 4.90 Å². The topological polar surface area (TPSA) is 192 Å². The molecule has 46 heavy (non-hydrogen) atoms. The van der Waals surface area contributed by atoms with Gasteiger partial charge in [0.1, 0.15) is 22.8 Å². The number of methoxy groups -OCH3 is 1. The van der Waals surface area contributed by atoms with Crippen molar-refractivity contribution in [2.24, 2.45) is 5.73 Å². The molecular weight excluding hydrogens is 622 g/mol. The molecule has 4 aliphatic rings. The van der Waals surface area contributed by atoms with E-state index in [1.54, 1.807) is 6.92 Å². The molecule has 0 saturated carbocycles. The number of aliphatic hydroxyl groups excluding tert-OH is 1. The molecule has 0 spiro atoms. The zero-order chi connectivity index (χ0) is 32.4. The van der Waals surface area contributed by atoms with Gasteiger partial charge in [-0.25, -0.2) is 0 Å². The van der Waals surface area contributed by atoms with Crippen LogP contribution in [-0.4, -0.2) is 125 Å². The summed E-state index contributed by atoms with van der Waals surface area (Å²) >= 11 is 0. The third-order valence-corrected chi connectivity index (χ3v) is 9.62. The van der Waals surface area contributed by atoms with Gasteiger partial charge in [-0.3, -0.25) is 19.3 Å². The predicted molar refractivity (Wildman–Crippen MR) is 166 cm³/mol. The van der Waals surface area contributed by atoms with E-state index in [0.29, 0.717) is 13.1 Å². The second-order valence-corrected chi connectivity index (χ2v) is 12.6. The number of nitrogens with two attached hydrogens (primary N) is 1. The summed E-state index contributed by atoms with van der Waals surface area (Å²) in [5, 5.41) is 45.6. The average molecular weight is 662 g/mol. The van der Waals surface area contributed by atoms with Crippen molar-refractivity contribution < 1.29 is 49.0 Å². The van der Waals surface area contributed by atoms with Crippen LogP contribution in [0.1, 0.15) is 68.8 Å². The van der Waals surface area contributed by atoms with Crippen molar-refractivity contribution in [2.45, 2.75) is 62.4 Å². The summed E-state index contributed by atoms with van der Waals surface area (Å²) in [6.07, 6.45) is -4.61. The van der Waals surface area contributed by atoms with E-state index in [4.69, 9.17) is 19.9 Å². The number of benzene rings is 2. The highest BCUT2D eigenvalue weighted by Gasteiger charge is 2.50. The van der Waals surface area contributed by atoms with Gasteiger partial charge in [0, 0.05) is 68.2 Å². The summed E-state index contributed by atoms with van der Waals surface area (Å²) in [6, 6.07) is 3.78. The van der Waals surface area contributed by atoms with Crippen LogP contribution in [0.4, 0.5) is 0 Å². The third-order valence-electron chi connectivity index (χ3n) is 9.62. The standard InChI is InChI=1S/C32H39N3O10.ClH/c1-15-27(37)18(33)11-22(44-15)45-20-13-32(42,21(36)14-35-9-7-34(2)8-10-35)12-17-24(20)31(41)26-25(29(17)39)28(38)16-5-4-6-19(43-3)23(16)30(26)40;/h4-6,15,18,20,22,27,37,39,41-42H,7-14,33H2,1-3H3;1H/t15?,18?,20-,22?,27?,32-;/m1./s1. The molecule has 2 aliphatic heterocycles. The fourth-order valence-corrected chi connectivity index (χ4v) is 6.96. The molecule has 0 aromatic heterocycles. The molecular formula is C32H40ClN3O10. The van der Waals surface area contributed by atoms with Gasteiger partial charge in [0.05, 0.1) is 48.7 Å². The molecule has 2 fully saturated rings. The van der Waals surface area contributed by atoms with Gasteiger partial charge in [-0.1, -0.05) is 12.1 Å². The summed E-state index contributed by atoms with van der Waals surface area (Å²) < 4.78 is 17.4. The van der Waals surface area contributed by atoms with E-state index >= 15 is 0 Å². The molecule has 2 aliphatic carbocycles. The average Bonchev–Trinajstić information content (AvgIpc) is 3.00. The second-order valence-electron chi connectivity index (χ2n) is 12.6. The molecule has 2 aromatic rings. The Bertz CT molecular complexity index is 1550. The molecule has 6 N–H and O–H groups in total. The molecule has 0 radical (unpaired) electrons. The number of rotatable bonds is 6. The van der Waals surface area contributed by atoms with Gasteiger partial charge in [0.2, 0.25) is 5.78 Å². The third kappa shape index (κ3) is 5.69. The minimum atomic E-state index is -2.05. The fraction of sp³-hybridized carbons (Fsp3) is 0.531. The molecule has 2 saturated heterocycles. The number of carbonyl (C=O) groups is 3. The molecule has 2 heterocycles. The fourth-order valence-electron chi connectivity index (χ4n) is 6.96. The number of halogens is 1. The molecule has 6 rings (SSSR count). The van der Waals surface area contributed by atoms with E-state index in [0.717, 1.165) is 13.1 Å². The molecule has 250 valence electrons. The van der Waals surface area contributed by atoms with Crippen LogP contribution in [0.5, 0.6) is 17.2 Å². The van der Waals surface area contributed by atoms with Crippen molar-refractivity contribution in [3.05, 3.63) is 51.6 Å². The van der Waals surface area contributed by atoms with Gasteiger partial charge in [-0.05, 0) is 20.0 Å². The monoisotopic (exact) mass is 661 g/mol. The lowest BCUT2D eigenvalue weighted by molar-refractivity contribution is -0.247. The van der Waals surface area contributed by atoms with Crippen LogP contribution < -0.4 is 10.5 Å². The first-order chi connectivity index (χ1) is 21.3. The Kier molecular flexibility index (Phi) is 9.53. The van der Waals surface area contributed by atoms with Gasteiger partial charge in [-0.2, -0.15) is 0 Å². The molecule has 14 heteroatoms. The highest BCUT2D eigenvalue weighted by atomic mass is 35.5. The highest BCUT2D eigenvalue weighted by molar-refractivity contribution is 6.31. The molecule has 13 nitrogen and oxygen atoms in total. The summed E-state index contributed by atoms with van der Waals surface area (Å²) in [7, 11) is 3.34. The van der Waals surface area contributed by atoms with Crippen LogP contribution in [0.25, 0.3) is 0 Å². The van der Waals surface area contributed by atoms with Gasteiger partial charge in [0.25, 0.3) is 0 Å². The number of likely N-dealkylation sites (N-methyl/N-ethyl adjacent to an activating group) is 1. The minimum absolute atomic E-state index is 0. The van der Waals surface area contributed by atoms with Gasteiger partial charge >= 0.3 is 0 Å². The van der Waals surface area contributed by atoms with Crippen molar-refractivity contribution >= 4 is 29.8 Å². The maximum absolute atomic E-state index is 13.9. The number of aliphatic hydroxyl groups is 2. The van der Waals surface area contributed by atoms with Crippen LogP contribution in [0, 0.1) is 0 Å². The quantitative estimate of drug-likeness (QED) is 0.232. The first-order valence-corrected chi connectivity index (χ1v) is 15.1. The van der Waals surface area contributed by atoms with Crippen molar-refractivity contribution in [2.75, 3.05) is 46.9 Å². The summed E-state index contributed by atoms with van der Waals surface area (Å²) in [5.74, 6) is -3.04. The van der Waals surface area contributed by atoms with E-state index in [-0.39, 0.29) is 59.8 Å². The Balaban J connectivity index is 0.00000417. The number of hydrogen-bond donors (Lipinski definition) is 5. The first kappa shape index (κ1) is 34.2. The van der Waals surface area contributed by atoms with E-state index in [1.807, 2.05) is 11.9 Å². The number of carbonyl (C=O) groups excluding carboxylic acids is 3. The maximum atomic E-state index is 13.9. The van der Waals surface area contributed by atoms with Crippen LogP contribution in [-0.2, 0) is 20.7 Å². The lowest BCUT2D eigenvalue weighted by Crippen LogP contribution is -2.54. The lowest BCUT2D eigenvalue weighted by Gasteiger charge is -2.43. The normalized spacial score (nSPS) is 29.7. The number of piperazine rings is 1. The van der Waals surface area contributed by atoms with Crippen LogP contribution >= 0.6 is 12.4 Å². The van der Waals surface area contributed by atoms with Crippen molar-refractivity contribution in [1.29, 1.82) is 0 Å². The largest absolute Gasteiger partial charge is 0.507 e. The number of phenolic OH excluding ortho intramolecular Hbond substituents is 2. The Morgan fingerprint density at radius 3 is 2.41 bits per heavy atom. The number of ether oxygens (including phenoxy) is 3. The summed E-state index contributed by atoms with van der Waals surface area (Å²) in [6.45, 7) is 4.34. The van der Waals surface area contributed by atoms with E-state index < -0.39 is 82.6 Å². The Hall–Kier alpha value is -3.14. The molecule has 0 bridgehead atoms.